The second kappa shape index (κ2) is 2.49. The first-order chi connectivity index (χ1) is 5.38. The number of hydrogen-bond acceptors (Lipinski definition) is 2. The molecule has 11 heavy (non-hydrogen) atoms. The van der Waals surface area contributed by atoms with Crippen LogP contribution in [0.5, 0.6) is 0 Å². The highest BCUT2D eigenvalue weighted by atomic mass is 16.2. The number of carbonyl (C=O) groups excluding carboxylic acids is 1. The Bertz CT molecular complexity index is 253. The molecule has 0 atom stereocenters. The third-order valence-electron chi connectivity index (χ3n) is 2.13. The zero-order chi connectivity index (χ0) is 7.68. The van der Waals surface area contributed by atoms with Crippen molar-refractivity contribution in [1.82, 2.24) is 5.43 Å². The van der Waals surface area contributed by atoms with Crippen LogP contribution in [0.25, 0.3) is 0 Å². The Labute approximate surface area is 65.2 Å². The zero-order valence-electron chi connectivity index (χ0n) is 6.21. The summed E-state index contributed by atoms with van der Waals surface area (Å²) in [6.07, 6.45) is 5.91. The lowest BCUT2D eigenvalue weighted by atomic mass is 9.91. The van der Waals surface area contributed by atoms with Crippen LogP contribution in [-0.4, -0.2) is 12.1 Å². The second-order valence-corrected chi connectivity index (χ2v) is 2.86. The Morgan fingerprint density at radius 1 is 1.27 bits per heavy atom. The number of carbonyl (C=O) groups is 1. The fourth-order valence-electron chi connectivity index (χ4n) is 1.53. The van der Waals surface area contributed by atoms with Gasteiger partial charge in [-0.1, -0.05) is 0 Å². The Morgan fingerprint density at radius 2 is 2.09 bits per heavy atom. The van der Waals surface area contributed by atoms with Crippen molar-refractivity contribution in [3.8, 4) is 0 Å². The van der Waals surface area contributed by atoms with E-state index in [1.54, 1.807) is 6.21 Å². The topological polar surface area (TPSA) is 43.5 Å². The van der Waals surface area contributed by atoms with Crippen molar-refractivity contribution in [3.63, 3.8) is 0 Å². The van der Waals surface area contributed by atoms with Crippen molar-refractivity contribution >= 4 is 12.1 Å². The van der Waals surface area contributed by atoms with Gasteiger partial charge >= 0.3 is 0 Å². The number of nitrogens with zero attached hydrogens (tertiary/aromatic N) is 2. The van der Waals surface area contributed by atoms with Crippen LogP contribution in [0.3, 0.4) is 0 Å². The normalized spacial score (nSPS) is 23.1. The van der Waals surface area contributed by atoms with Gasteiger partial charge < -0.3 is 0 Å². The molecule has 0 aromatic carbocycles. The molecular weight excluding hydrogens is 140 g/mol. The molecule has 57 valence electrons. The Morgan fingerprint density at radius 3 is 2.91 bits per heavy atom. The van der Waals surface area contributed by atoms with E-state index in [2.05, 4.69) is 10.5 Å². The summed E-state index contributed by atoms with van der Waals surface area (Å²) in [6, 6.07) is 0. The van der Waals surface area contributed by atoms with E-state index in [0.29, 0.717) is 0 Å². The van der Waals surface area contributed by atoms with Crippen molar-refractivity contribution in [2.75, 3.05) is 0 Å². The molecule has 0 spiro atoms. The molecule has 1 amide bonds. The highest BCUT2D eigenvalue weighted by Crippen LogP contribution is 2.25. The second-order valence-electron chi connectivity index (χ2n) is 2.86. The molecule has 0 saturated carbocycles. The Hall–Kier alpha value is -1.12. The van der Waals surface area contributed by atoms with Gasteiger partial charge in [-0.25, -0.2) is 0 Å². The molecule has 0 aromatic rings. The summed E-state index contributed by atoms with van der Waals surface area (Å²) in [7, 11) is 0. The first-order valence-electron chi connectivity index (χ1n) is 3.88. The average Bonchev–Trinajstić information content (AvgIpc) is 2.06. The first kappa shape index (κ1) is 6.58. The summed E-state index contributed by atoms with van der Waals surface area (Å²) < 4.78 is 0. The van der Waals surface area contributed by atoms with Gasteiger partial charge in [-0.15, -0.1) is 5.43 Å². The van der Waals surface area contributed by atoms with E-state index < -0.39 is 0 Å². The van der Waals surface area contributed by atoms with Gasteiger partial charge in [0.2, 0.25) is 0 Å². The monoisotopic (exact) mass is 149 g/mol. The molecule has 0 fully saturated rings. The summed E-state index contributed by atoms with van der Waals surface area (Å²) in [6.45, 7) is 0. The molecule has 1 heterocycles. The predicted octanol–water partition coefficient (Wildman–Crippen LogP) is 0.987. The molecular formula is C8H9N2O. The van der Waals surface area contributed by atoms with E-state index in [-0.39, 0.29) is 5.91 Å². The fraction of sp³-hybridized carbons (Fsp3) is 0.500. The summed E-state index contributed by atoms with van der Waals surface area (Å²) >= 11 is 0. The average molecular weight is 149 g/mol. The van der Waals surface area contributed by atoms with Crippen molar-refractivity contribution in [1.29, 1.82) is 0 Å². The molecule has 1 aliphatic carbocycles. The molecule has 3 heteroatoms. The molecule has 3 nitrogen and oxygen atoms in total. The SMILES string of the molecule is O=C1[N]N=CC2=C1CCCC2. The van der Waals surface area contributed by atoms with E-state index in [4.69, 9.17) is 0 Å². The largest absolute Gasteiger partial charge is 0.291 e. The van der Waals surface area contributed by atoms with Gasteiger partial charge in [-0.05, 0) is 31.3 Å². The minimum Gasteiger partial charge on any atom is -0.265 e. The first-order valence-corrected chi connectivity index (χ1v) is 3.88. The predicted molar refractivity (Wildman–Crippen MR) is 41.1 cm³/mol. The smallest absolute Gasteiger partial charge is 0.265 e. The van der Waals surface area contributed by atoms with E-state index in [1.807, 2.05) is 0 Å². The van der Waals surface area contributed by atoms with Crippen molar-refractivity contribution in [2.24, 2.45) is 5.10 Å². The molecule has 1 aliphatic heterocycles. The van der Waals surface area contributed by atoms with Crippen LogP contribution in [0.2, 0.25) is 0 Å². The van der Waals surface area contributed by atoms with Crippen LogP contribution >= 0.6 is 0 Å². The highest BCUT2D eigenvalue weighted by Gasteiger charge is 2.21. The molecule has 0 saturated heterocycles. The molecule has 2 aliphatic rings. The highest BCUT2D eigenvalue weighted by molar-refractivity contribution is 6.02. The summed E-state index contributed by atoms with van der Waals surface area (Å²) in [5.74, 6) is -0.123. The van der Waals surface area contributed by atoms with Gasteiger partial charge in [-0.2, -0.15) is 5.10 Å². The lowest BCUT2D eigenvalue weighted by Crippen LogP contribution is -2.21. The van der Waals surface area contributed by atoms with Gasteiger partial charge in [0.25, 0.3) is 5.91 Å². The fourth-order valence-corrected chi connectivity index (χ4v) is 1.53. The van der Waals surface area contributed by atoms with Gasteiger partial charge in [-0.3, -0.25) is 4.79 Å². The minimum absolute atomic E-state index is 0.123. The van der Waals surface area contributed by atoms with Crippen LogP contribution in [0, 0.1) is 0 Å². The van der Waals surface area contributed by atoms with Crippen LogP contribution in [0.15, 0.2) is 16.2 Å². The number of allylic oxidation sites excluding steroid dienone is 1. The zero-order valence-corrected chi connectivity index (χ0v) is 6.21. The molecule has 0 N–H and O–H groups in total. The van der Waals surface area contributed by atoms with E-state index in [9.17, 15) is 4.79 Å². The van der Waals surface area contributed by atoms with Crippen LogP contribution < -0.4 is 5.43 Å². The Kier molecular flexibility index (Phi) is 1.49. The van der Waals surface area contributed by atoms with E-state index >= 15 is 0 Å². The number of hydrogen-bond donors (Lipinski definition) is 0. The summed E-state index contributed by atoms with van der Waals surface area (Å²) in [4.78, 5) is 11.1. The van der Waals surface area contributed by atoms with Gasteiger partial charge in [0, 0.05) is 5.57 Å². The standard InChI is InChI=1S/C8H9N2O/c11-8-7-4-2-1-3-6(7)5-9-10-8/h5H,1-4H2. The van der Waals surface area contributed by atoms with Crippen molar-refractivity contribution in [2.45, 2.75) is 25.7 Å². The molecule has 0 unspecified atom stereocenters. The lowest BCUT2D eigenvalue weighted by Gasteiger charge is -2.17. The van der Waals surface area contributed by atoms with Crippen molar-refractivity contribution < 1.29 is 4.79 Å². The Balaban J connectivity index is 2.35. The molecule has 0 bridgehead atoms. The maximum atomic E-state index is 11.1. The maximum Gasteiger partial charge on any atom is 0.291 e. The minimum atomic E-state index is -0.123. The lowest BCUT2D eigenvalue weighted by molar-refractivity contribution is -0.118. The summed E-state index contributed by atoms with van der Waals surface area (Å²) in [5.41, 5.74) is 5.49. The molecule has 0 aromatic heterocycles. The van der Waals surface area contributed by atoms with E-state index in [0.717, 1.165) is 30.4 Å². The summed E-state index contributed by atoms with van der Waals surface area (Å²) in [5, 5.41) is 3.64. The quantitative estimate of drug-likeness (QED) is 0.506. The van der Waals surface area contributed by atoms with Crippen LogP contribution in [0.4, 0.5) is 0 Å². The third-order valence-corrected chi connectivity index (χ3v) is 2.13. The van der Waals surface area contributed by atoms with Gasteiger partial charge in [0.15, 0.2) is 0 Å². The van der Waals surface area contributed by atoms with Crippen LogP contribution in [-0.2, 0) is 4.79 Å². The number of rotatable bonds is 0. The van der Waals surface area contributed by atoms with Gasteiger partial charge in [0.1, 0.15) is 0 Å². The maximum absolute atomic E-state index is 11.1. The molecule has 1 radical (unpaired) electrons. The van der Waals surface area contributed by atoms with Crippen molar-refractivity contribution in [3.05, 3.63) is 11.1 Å². The number of amides is 1. The molecule has 2 rings (SSSR count). The third kappa shape index (κ3) is 1.06. The van der Waals surface area contributed by atoms with Crippen LogP contribution in [0.1, 0.15) is 25.7 Å². The van der Waals surface area contributed by atoms with E-state index in [1.165, 1.54) is 6.42 Å². The van der Waals surface area contributed by atoms with Gasteiger partial charge in [0.05, 0.1) is 6.21 Å².